The fraction of sp³-hybridized carbons (Fsp3) is 0.632. The lowest BCUT2D eigenvalue weighted by Gasteiger charge is -2.41. The number of Topliss-reactive ketones (excluding diaryl/α,β-unsaturated/α-hetero) is 1. The van der Waals surface area contributed by atoms with Crippen molar-refractivity contribution in [1.82, 2.24) is 9.80 Å². The van der Waals surface area contributed by atoms with Gasteiger partial charge in [0.05, 0.1) is 15.9 Å². The third-order valence-electron chi connectivity index (χ3n) is 5.86. The highest BCUT2D eigenvalue weighted by molar-refractivity contribution is 6.05. The summed E-state index contributed by atoms with van der Waals surface area (Å²) in [6, 6.07) is 4.66. The Hall–Kier alpha value is -1.99. The van der Waals surface area contributed by atoms with Gasteiger partial charge in [0.15, 0.2) is 5.78 Å². The fourth-order valence-electron chi connectivity index (χ4n) is 4.58. The largest absolute Gasteiger partial charge is 0.485 e. The molecule has 1 aromatic carbocycles. The van der Waals surface area contributed by atoms with Crippen LogP contribution in [0.5, 0.6) is 5.75 Å². The third-order valence-corrected chi connectivity index (χ3v) is 5.86. The van der Waals surface area contributed by atoms with E-state index < -0.39 is 10.3 Å². The molecule has 4 rings (SSSR count). The first kappa shape index (κ1) is 17.4. The van der Waals surface area contributed by atoms with Gasteiger partial charge in [0.1, 0.15) is 6.61 Å². The average molecular weight is 359 g/mol. The average Bonchev–Trinajstić information content (AvgIpc) is 3.32. The molecule has 26 heavy (non-hydrogen) atoms. The number of carbonyl (C=O) groups excluding carboxylic acids is 1. The molecule has 0 amide bonds. The lowest BCUT2D eigenvalue weighted by atomic mass is 9.77. The number of nitro benzene ring substituents is 1. The number of nitro groups is 1. The van der Waals surface area contributed by atoms with Crippen molar-refractivity contribution in [1.29, 1.82) is 0 Å². The Morgan fingerprint density at radius 1 is 1.04 bits per heavy atom. The van der Waals surface area contributed by atoms with E-state index in [1.807, 2.05) is 0 Å². The van der Waals surface area contributed by atoms with Crippen LogP contribution in [0.2, 0.25) is 0 Å². The molecule has 3 aliphatic heterocycles. The van der Waals surface area contributed by atoms with E-state index in [0.717, 1.165) is 51.9 Å². The van der Waals surface area contributed by atoms with Crippen molar-refractivity contribution in [2.45, 2.75) is 25.7 Å². The summed E-state index contributed by atoms with van der Waals surface area (Å²) in [5, 5.41) is 11.3. The molecule has 7 heteroatoms. The first-order valence-electron chi connectivity index (χ1n) is 9.49. The standard InChI is InChI=1S/C19H25N3O4/c23-18-15-6-5-7-16(22(24)25)17(15)26-14-19(18,12-20-8-1-2-9-20)13-21-10-3-4-11-21/h5-7H,1-4,8-14H2. The first-order chi connectivity index (χ1) is 12.6. The molecule has 0 spiro atoms. The molecule has 0 saturated carbocycles. The zero-order valence-corrected chi connectivity index (χ0v) is 15.0. The Morgan fingerprint density at radius 2 is 1.62 bits per heavy atom. The summed E-state index contributed by atoms with van der Waals surface area (Å²) >= 11 is 0. The quantitative estimate of drug-likeness (QED) is 0.593. The molecule has 1 aromatic rings. The van der Waals surface area contributed by atoms with Crippen molar-refractivity contribution < 1.29 is 14.5 Å². The Morgan fingerprint density at radius 3 is 2.15 bits per heavy atom. The molecule has 7 nitrogen and oxygen atoms in total. The molecule has 0 unspecified atom stereocenters. The normalized spacial score (nSPS) is 23.0. The van der Waals surface area contributed by atoms with E-state index in [4.69, 9.17) is 4.74 Å². The highest BCUT2D eigenvalue weighted by Gasteiger charge is 2.48. The van der Waals surface area contributed by atoms with Crippen LogP contribution in [0.3, 0.4) is 0 Å². The van der Waals surface area contributed by atoms with E-state index >= 15 is 0 Å². The Labute approximate surface area is 153 Å². The number of rotatable bonds is 5. The Kier molecular flexibility index (Phi) is 4.67. The summed E-state index contributed by atoms with van der Waals surface area (Å²) < 4.78 is 5.91. The molecular weight excluding hydrogens is 334 g/mol. The number of fused-ring (bicyclic) bond motifs is 1. The first-order valence-corrected chi connectivity index (χ1v) is 9.49. The van der Waals surface area contributed by atoms with Gasteiger partial charge in [-0.1, -0.05) is 6.07 Å². The van der Waals surface area contributed by atoms with Crippen LogP contribution in [-0.2, 0) is 0 Å². The number of likely N-dealkylation sites (tertiary alicyclic amines) is 2. The van der Waals surface area contributed by atoms with Gasteiger partial charge in [-0.25, -0.2) is 0 Å². The second kappa shape index (κ2) is 6.96. The fourth-order valence-corrected chi connectivity index (χ4v) is 4.58. The van der Waals surface area contributed by atoms with E-state index in [1.54, 1.807) is 12.1 Å². The van der Waals surface area contributed by atoms with Crippen LogP contribution in [0.4, 0.5) is 5.69 Å². The molecule has 0 radical (unpaired) electrons. The van der Waals surface area contributed by atoms with Gasteiger partial charge in [0, 0.05) is 19.2 Å². The number of ketones is 1. The Balaban J connectivity index is 1.68. The predicted octanol–water partition coefficient (Wildman–Crippen LogP) is 2.35. The summed E-state index contributed by atoms with van der Waals surface area (Å²) in [6.07, 6.45) is 4.65. The molecular formula is C19H25N3O4. The molecule has 3 aliphatic rings. The second-order valence-corrected chi connectivity index (χ2v) is 7.78. The van der Waals surface area contributed by atoms with E-state index in [1.165, 1.54) is 6.07 Å². The molecule has 140 valence electrons. The van der Waals surface area contributed by atoms with Crippen LogP contribution in [0, 0.1) is 15.5 Å². The number of ether oxygens (including phenoxy) is 1. The molecule has 0 aromatic heterocycles. The van der Waals surface area contributed by atoms with Gasteiger partial charge in [-0.3, -0.25) is 14.9 Å². The number of carbonyl (C=O) groups is 1. The van der Waals surface area contributed by atoms with Gasteiger partial charge < -0.3 is 14.5 Å². The SMILES string of the molecule is O=C1c2cccc([N+](=O)[O-])c2OCC1(CN1CCCC1)CN1CCCC1. The van der Waals surface area contributed by atoms with Crippen molar-refractivity contribution in [2.24, 2.45) is 5.41 Å². The van der Waals surface area contributed by atoms with Gasteiger partial charge in [-0.15, -0.1) is 0 Å². The summed E-state index contributed by atoms with van der Waals surface area (Å²) in [4.78, 5) is 29.1. The lowest BCUT2D eigenvalue weighted by molar-refractivity contribution is -0.386. The molecule has 2 fully saturated rings. The highest BCUT2D eigenvalue weighted by Crippen LogP contribution is 2.41. The number of benzene rings is 1. The number of hydrogen-bond acceptors (Lipinski definition) is 6. The molecule has 3 heterocycles. The zero-order chi connectivity index (χ0) is 18.1. The minimum atomic E-state index is -0.642. The number of nitrogens with zero attached hydrogens (tertiary/aromatic N) is 3. The Bertz CT molecular complexity index is 691. The summed E-state index contributed by atoms with van der Waals surface area (Å²) in [7, 11) is 0. The maximum absolute atomic E-state index is 13.5. The zero-order valence-electron chi connectivity index (χ0n) is 15.0. The van der Waals surface area contributed by atoms with E-state index in [9.17, 15) is 14.9 Å². The van der Waals surface area contributed by atoms with E-state index in [-0.39, 0.29) is 23.8 Å². The van der Waals surface area contributed by atoms with Gasteiger partial charge >= 0.3 is 5.69 Å². The second-order valence-electron chi connectivity index (χ2n) is 7.78. The van der Waals surface area contributed by atoms with Crippen LogP contribution < -0.4 is 4.74 Å². The monoisotopic (exact) mass is 359 g/mol. The van der Waals surface area contributed by atoms with Gasteiger partial charge in [0.25, 0.3) is 0 Å². The molecule has 0 aliphatic carbocycles. The lowest BCUT2D eigenvalue weighted by Crippen LogP contribution is -2.54. The van der Waals surface area contributed by atoms with E-state index in [2.05, 4.69) is 9.80 Å². The highest BCUT2D eigenvalue weighted by atomic mass is 16.6. The minimum absolute atomic E-state index is 0.00116. The van der Waals surface area contributed by atoms with Crippen molar-refractivity contribution in [3.8, 4) is 5.75 Å². The summed E-state index contributed by atoms with van der Waals surface area (Å²) in [6.45, 7) is 5.60. The van der Waals surface area contributed by atoms with Crippen molar-refractivity contribution in [3.05, 3.63) is 33.9 Å². The van der Waals surface area contributed by atoms with Crippen LogP contribution in [0.25, 0.3) is 0 Å². The maximum Gasteiger partial charge on any atom is 0.311 e. The van der Waals surface area contributed by atoms with Crippen molar-refractivity contribution >= 4 is 11.5 Å². The summed E-state index contributed by atoms with van der Waals surface area (Å²) in [5.74, 6) is 0.141. The number of para-hydroxylation sites is 1. The van der Waals surface area contributed by atoms with Crippen LogP contribution in [0.1, 0.15) is 36.0 Å². The van der Waals surface area contributed by atoms with Crippen LogP contribution in [0.15, 0.2) is 18.2 Å². The van der Waals surface area contributed by atoms with Gasteiger partial charge in [0.2, 0.25) is 5.75 Å². The molecule has 0 N–H and O–H groups in total. The molecule has 0 atom stereocenters. The predicted molar refractivity (Wildman–Crippen MR) is 96.7 cm³/mol. The van der Waals surface area contributed by atoms with E-state index in [0.29, 0.717) is 18.7 Å². The summed E-state index contributed by atoms with van der Waals surface area (Å²) in [5.41, 5.74) is -0.396. The van der Waals surface area contributed by atoms with Crippen LogP contribution >= 0.6 is 0 Å². The minimum Gasteiger partial charge on any atom is -0.485 e. The van der Waals surface area contributed by atoms with Gasteiger partial charge in [-0.2, -0.15) is 0 Å². The topological polar surface area (TPSA) is 75.9 Å². The number of hydrogen-bond donors (Lipinski definition) is 0. The van der Waals surface area contributed by atoms with Gasteiger partial charge in [-0.05, 0) is 57.9 Å². The van der Waals surface area contributed by atoms with Crippen molar-refractivity contribution in [3.63, 3.8) is 0 Å². The van der Waals surface area contributed by atoms with Crippen molar-refractivity contribution in [2.75, 3.05) is 45.9 Å². The molecule has 2 saturated heterocycles. The van der Waals surface area contributed by atoms with Crippen LogP contribution in [-0.4, -0.2) is 66.4 Å². The smallest absolute Gasteiger partial charge is 0.311 e. The maximum atomic E-state index is 13.5. The third kappa shape index (κ3) is 3.10. The molecule has 0 bridgehead atoms.